The van der Waals surface area contributed by atoms with Crippen LogP contribution in [-0.4, -0.2) is 40.0 Å². The van der Waals surface area contributed by atoms with Gasteiger partial charge in [-0.25, -0.2) is 4.79 Å². The van der Waals surface area contributed by atoms with Crippen molar-refractivity contribution in [3.05, 3.63) is 53.1 Å². The summed E-state index contributed by atoms with van der Waals surface area (Å²) in [5.41, 5.74) is 2.32. The van der Waals surface area contributed by atoms with Crippen molar-refractivity contribution in [2.24, 2.45) is 4.99 Å². The maximum atomic E-state index is 11.9. The van der Waals surface area contributed by atoms with Gasteiger partial charge in [-0.05, 0) is 35.4 Å². The third-order valence-corrected chi connectivity index (χ3v) is 4.25. The number of guanidine groups is 1. The van der Waals surface area contributed by atoms with E-state index in [0.717, 1.165) is 22.6 Å². The van der Waals surface area contributed by atoms with E-state index in [-0.39, 0.29) is 6.79 Å². The van der Waals surface area contributed by atoms with E-state index >= 15 is 0 Å². The van der Waals surface area contributed by atoms with Crippen LogP contribution < -0.4 is 24.8 Å². The third kappa shape index (κ3) is 4.46. The molecule has 0 atom stereocenters. The topological polar surface area (TPSA) is 90.4 Å². The molecule has 0 bridgehead atoms. The number of nitrogens with zero attached hydrogens (tertiary/aromatic N) is 1. The Morgan fingerprint density at radius 2 is 1.71 bits per heavy atom. The van der Waals surface area contributed by atoms with Crippen molar-refractivity contribution in [1.29, 1.82) is 0 Å². The monoisotopic (exact) mass is 385 g/mol. The Kier molecular flexibility index (Phi) is 6.21. The van der Waals surface area contributed by atoms with Crippen molar-refractivity contribution in [2.75, 3.05) is 28.1 Å². The van der Waals surface area contributed by atoms with Gasteiger partial charge in [0.2, 0.25) is 6.79 Å². The number of hydrogen-bond donors (Lipinski definition) is 2. The standard InChI is InChI=1S/C20H23N3O5/c1-21-20(23-11-14-5-7-17-18(9-14)28-12-27-17)22-10-13-4-6-16(25-2)15(8-13)19(24)26-3/h4-9H,10-12H2,1-3H3,(H2,21,22,23). The molecule has 0 aromatic heterocycles. The van der Waals surface area contributed by atoms with Gasteiger partial charge >= 0.3 is 5.97 Å². The summed E-state index contributed by atoms with van der Waals surface area (Å²) in [6.07, 6.45) is 0. The predicted molar refractivity (Wildman–Crippen MR) is 104 cm³/mol. The van der Waals surface area contributed by atoms with Crippen molar-refractivity contribution >= 4 is 11.9 Å². The first kappa shape index (κ1) is 19.3. The van der Waals surface area contributed by atoms with E-state index in [4.69, 9.17) is 18.9 Å². The fourth-order valence-corrected chi connectivity index (χ4v) is 2.78. The number of nitrogens with one attached hydrogen (secondary N) is 2. The van der Waals surface area contributed by atoms with E-state index in [9.17, 15) is 4.79 Å². The van der Waals surface area contributed by atoms with Crippen LogP contribution in [0.5, 0.6) is 17.2 Å². The molecule has 0 unspecified atom stereocenters. The highest BCUT2D eigenvalue weighted by atomic mass is 16.7. The van der Waals surface area contributed by atoms with Crippen LogP contribution in [0.2, 0.25) is 0 Å². The molecule has 148 valence electrons. The Labute approximate surface area is 163 Å². The van der Waals surface area contributed by atoms with Crippen LogP contribution in [0.1, 0.15) is 21.5 Å². The van der Waals surface area contributed by atoms with Crippen LogP contribution in [0.4, 0.5) is 0 Å². The number of benzene rings is 2. The lowest BCUT2D eigenvalue weighted by Gasteiger charge is -2.13. The molecule has 2 aromatic carbocycles. The number of carbonyl (C=O) groups excluding carboxylic acids is 1. The van der Waals surface area contributed by atoms with Gasteiger partial charge in [-0.3, -0.25) is 4.99 Å². The molecule has 2 N–H and O–H groups in total. The molecule has 3 rings (SSSR count). The van der Waals surface area contributed by atoms with Gasteiger partial charge in [-0.15, -0.1) is 0 Å². The van der Waals surface area contributed by atoms with Crippen molar-refractivity contribution in [3.8, 4) is 17.2 Å². The zero-order chi connectivity index (χ0) is 19.9. The molecular weight excluding hydrogens is 362 g/mol. The Hall–Kier alpha value is -3.42. The summed E-state index contributed by atoms with van der Waals surface area (Å²) in [6, 6.07) is 11.2. The number of fused-ring (bicyclic) bond motifs is 1. The zero-order valence-electron chi connectivity index (χ0n) is 16.1. The van der Waals surface area contributed by atoms with Gasteiger partial charge in [0.1, 0.15) is 11.3 Å². The van der Waals surface area contributed by atoms with Crippen molar-refractivity contribution in [1.82, 2.24) is 10.6 Å². The lowest BCUT2D eigenvalue weighted by atomic mass is 10.1. The van der Waals surface area contributed by atoms with Gasteiger partial charge in [0, 0.05) is 20.1 Å². The summed E-state index contributed by atoms with van der Waals surface area (Å²) in [5.74, 6) is 2.17. The molecule has 0 saturated carbocycles. The Bertz CT molecular complexity index is 882. The molecule has 0 spiro atoms. The van der Waals surface area contributed by atoms with Crippen LogP contribution >= 0.6 is 0 Å². The molecule has 28 heavy (non-hydrogen) atoms. The molecule has 8 heteroatoms. The molecule has 1 aliphatic rings. The summed E-state index contributed by atoms with van der Waals surface area (Å²) < 4.78 is 20.7. The quantitative estimate of drug-likeness (QED) is 0.447. The molecule has 8 nitrogen and oxygen atoms in total. The SMILES string of the molecule is CN=C(NCc1ccc2c(c1)OCO2)NCc1ccc(OC)c(C(=O)OC)c1. The Morgan fingerprint density at radius 1 is 1.04 bits per heavy atom. The maximum Gasteiger partial charge on any atom is 0.341 e. The average Bonchev–Trinajstić information content (AvgIpc) is 3.21. The van der Waals surface area contributed by atoms with Gasteiger partial charge < -0.3 is 29.6 Å². The van der Waals surface area contributed by atoms with Crippen LogP contribution in [0.25, 0.3) is 0 Å². The Balaban J connectivity index is 1.59. The Morgan fingerprint density at radius 3 is 2.39 bits per heavy atom. The lowest BCUT2D eigenvalue weighted by molar-refractivity contribution is 0.0597. The molecule has 2 aromatic rings. The second-order valence-corrected chi connectivity index (χ2v) is 5.99. The summed E-state index contributed by atoms with van der Waals surface area (Å²) in [4.78, 5) is 16.1. The molecule has 0 fully saturated rings. The second-order valence-electron chi connectivity index (χ2n) is 5.99. The van der Waals surface area contributed by atoms with Crippen LogP contribution in [0.15, 0.2) is 41.4 Å². The number of rotatable bonds is 6. The van der Waals surface area contributed by atoms with Crippen LogP contribution in [0.3, 0.4) is 0 Å². The van der Waals surface area contributed by atoms with Gasteiger partial charge in [0.25, 0.3) is 0 Å². The van der Waals surface area contributed by atoms with Gasteiger partial charge in [0.05, 0.1) is 14.2 Å². The second kappa shape index (κ2) is 8.98. The van der Waals surface area contributed by atoms with Gasteiger partial charge in [-0.1, -0.05) is 12.1 Å². The summed E-state index contributed by atoms with van der Waals surface area (Å²) in [5, 5.41) is 6.46. The number of aliphatic imine (C=N–C) groups is 1. The molecular formula is C20H23N3O5. The summed E-state index contributed by atoms with van der Waals surface area (Å²) in [7, 11) is 4.55. The molecule has 1 aliphatic heterocycles. The average molecular weight is 385 g/mol. The van der Waals surface area contributed by atoms with Crippen molar-refractivity contribution < 1.29 is 23.7 Å². The first-order chi connectivity index (χ1) is 13.6. The van der Waals surface area contributed by atoms with E-state index in [1.54, 1.807) is 19.2 Å². The van der Waals surface area contributed by atoms with E-state index in [0.29, 0.717) is 30.4 Å². The normalized spacial score (nSPS) is 12.5. The zero-order valence-corrected chi connectivity index (χ0v) is 16.1. The molecule has 0 amide bonds. The van der Waals surface area contributed by atoms with Crippen molar-refractivity contribution in [3.63, 3.8) is 0 Å². The predicted octanol–water partition coefficient (Wildman–Crippen LogP) is 2.08. The molecule has 0 aliphatic carbocycles. The number of carbonyl (C=O) groups is 1. The number of esters is 1. The highest BCUT2D eigenvalue weighted by molar-refractivity contribution is 5.92. The highest BCUT2D eigenvalue weighted by Gasteiger charge is 2.14. The molecule has 1 heterocycles. The van der Waals surface area contributed by atoms with Crippen molar-refractivity contribution in [2.45, 2.75) is 13.1 Å². The van der Waals surface area contributed by atoms with Crippen LogP contribution in [-0.2, 0) is 17.8 Å². The van der Waals surface area contributed by atoms with Crippen LogP contribution in [0, 0.1) is 0 Å². The highest BCUT2D eigenvalue weighted by Crippen LogP contribution is 2.32. The number of ether oxygens (including phenoxy) is 4. The first-order valence-corrected chi connectivity index (χ1v) is 8.73. The minimum Gasteiger partial charge on any atom is -0.496 e. The van der Waals surface area contributed by atoms with Gasteiger partial charge in [-0.2, -0.15) is 0 Å². The fraction of sp³-hybridized carbons (Fsp3) is 0.300. The lowest BCUT2D eigenvalue weighted by Crippen LogP contribution is -2.36. The summed E-state index contributed by atoms with van der Waals surface area (Å²) >= 11 is 0. The number of methoxy groups -OCH3 is 2. The first-order valence-electron chi connectivity index (χ1n) is 8.73. The maximum absolute atomic E-state index is 11.9. The number of hydrogen-bond acceptors (Lipinski definition) is 6. The molecule has 0 saturated heterocycles. The summed E-state index contributed by atoms with van der Waals surface area (Å²) in [6.45, 7) is 1.31. The van der Waals surface area contributed by atoms with E-state index in [2.05, 4.69) is 15.6 Å². The smallest absolute Gasteiger partial charge is 0.341 e. The third-order valence-electron chi connectivity index (χ3n) is 4.25. The fourth-order valence-electron chi connectivity index (χ4n) is 2.78. The minimum atomic E-state index is -0.441. The van der Waals surface area contributed by atoms with Gasteiger partial charge in [0.15, 0.2) is 17.5 Å². The minimum absolute atomic E-state index is 0.255. The van der Waals surface area contributed by atoms with E-state index < -0.39 is 5.97 Å². The van der Waals surface area contributed by atoms with E-state index in [1.807, 2.05) is 24.3 Å². The van der Waals surface area contributed by atoms with E-state index in [1.165, 1.54) is 14.2 Å². The largest absolute Gasteiger partial charge is 0.496 e. The molecule has 0 radical (unpaired) electrons.